The molecule has 11 rings (SSSR count). The van der Waals surface area contributed by atoms with Crippen LogP contribution in [0.2, 0.25) is 0 Å². The van der Waals surface area contributed by atoms with Gasteiger partial charge in [0.05, 0.1) is 29.6 Å². The molecule has 0 aliphatic heterocycles. The number of halogens is 2. The second-order valence-electron chi connectivity index (χ2n) is 13.2. The van der Waals surface area contributed by atoms with Crippen LogP contribution in [0.5, 0.6) is 0 Å². The highest BCUT2D eigenvalue weighted by Gasteiger charge is 2.23. The molecule has 246 valence electrons. The van der Waals surface area contributed by atoms with Crippen LogP contribution in [-0.4, -0.2) is 9.13 Å². The fraction of sp³-hybridized carbons (Fsp3) is 0. The van der Waals surface area contributed by atoms with E-state index in [0.29, 0.717) is 0 Å². The summed E-state index contributed by atoms with van der Waals surface area (Å²) in [6.07, 6.45) is 0. The summed E-state index contributed by atoms with van der Waals surface area (Å²) in [5.74, 6) is 0. The predicted molar refractivity (Wildman–Crippen MR) is 232 cm³/mol. The molecule has 0 fully saturated rings. The van der Waals surface area contributed by atoms with E-state index in [4.69, 9.17) is 0 Å². The summed E-state index contributed by atoms with van der Waals surface area (Å²) in [6, 6.07) is 57.6. The van der Waals surface area contributed by atoms with Crippen LogP contribution in [0, 0.1) is 0 Å². The van der Waals surface area contributed by atoms with Crippen molar-refractivity contribution in [2.24, 2.45) is 0 Å². The number of thiophene rings is 2. The van der Waals surface area contributed by atoms with Crippen LogP contribution in [0.25, 0.3) is 97.4 Å². The molecule has 0 amide bonds. The van der Waals surface area contributed by atoms with E-state index in [1.165, 1.54) is 86.0 Å². The first kappa shape index (κ1) is 30.6. The number of fused-ring (bicyclic) bond motifs is 8. The molecule has 2 nitrogen and oxygen atoms in total. The minimum atomic E-state index is 1.13. The van der Waals surface area contributed by atoms with Crippen LogP contribution >= 0.6 is 54.5 Å². The van der Waals surface area contributed by atoms with E-state index in [2.05, 4.69) is 199 Å². The zero-order valence-electron chi connectivity index (χ0n) is 27.5. The summed E-state index contributed by atoms with van der Waals surface area (Å²) in [5.41, 5.74) is 12.2. The van der Waals surface area contributed by atoms with Gasteiger partial charge in [0, 0.05) is 64.2 Å². The van der Waals surface area contributed by atoms with Gasteiger partial charge in [0.2, 0.25) is 0 Å². The lowest BCUT2D eigenvalue weighted by atomic mass is 9.93. The zero-order valence-corrected chi connectivity index (χ0v) is 32.3. The van der Waals surface area contributed by atoms with Crippen molar-refractivity contribution in [3.05, 3.63) is 165 Å². The predicted octanol–water partition coefficient (Wildman–Crippen LogP) is 15.2. The van der Waals surface area contributed by atoms with Crippen molar-refractivity contribution in [1.29, 1.82) is 0 Å². The van der Waals surface area contributed by atoms with Gasteiger partial charge in [-0.2, -0.15) is 0 Å². The van der Waals surface area contributed by atoms with E-state index in [1.807, 2.05) is 22.7 Å². The zero-order chi connectivity index (χ0) is 34.5. The van der Waals surface area contributed by atoms with E-state index in [1.54, 1.807) is 0 Å². The van der Waals surface area contributed by atoms with Crippen molar-refractivity contribution in [2.45, 2.75) is 0 Å². The number of rotatable bonds is 4. The second kappa shape index (κ2) is 11.8. The number of para-hydroxylation sites is 4. The number of nitrogens with zero attached hydrogens (tertiary/aromatic N) is 2. The quantitative estimate of drug-likeness (QED) is 0.167. The maximum atomic E-state index is 3.93. The van der Waals surface area contributed by atoms with Crippen LogP contribution in [0.4, 0.5) is 0 Å². The SMILES string of the molecule is Brc1cc2c(-c3ccc4c5ccccc5n(-c5ccccc5)c4c3)c3sc(Br)cc3c(-c3ccc4c5ccccc5n(-c5ccccc5)c4c3)c2s1. The Kier molecular flexibility index (Phi) is 6.93. The fourth-order valence-electron chi connectivity index (χ4n) is 8.25. The van der Waals surface area contributed by atoms with Crippen LogP contribution in [0.15, 0.2) is 165 Å². The summed E-state index contributed by atoms with van der Waals surface area (Å²) >= 11 is 11.5. The molecule has 0 saturated heterocycles. The molecule has 0 aliphatic rings. The highest BCUT2D eigenvalue weighted by Crippen LogP contribution is 2.52. The van der Waals surface area contributed by atoms with E-state index in [9.17, 15) is 0 Å². The summed E-state index contributed by atoms with van der Waals surface area (Å²) in [5, 5.41) is 7.57. The Morgan fingerprint density at radius 2 is 0.731 bits per heavy atom. The molecular weight excluding hydrogens is 804 g/mol. The summed E-state index contributed by atoms with van der Waals surface area (Å²) in [7, 11) is 0. The Hall–Kier alpha value is -4.98. The lowest BCUT2D eigenvalue weighted by Gasteiger charge is -2.14. The molecule has 0 radical (unpaired) electrons. The monoisotopic (exact) mass is 828 g/mol. The van der Waals surface area contributed by atoms with Gasteiger partial charge in [0.1, 0.15) is 0 Å². The highest BCUT2D eigenvalue weighted by molar-refractivity contribution is 9.11. The van der Waals surface area contributed by atoms with E-state index >= 15 is 0 Å². The fourth-order valence-corrected chi connectivity index (χ4v) is 11.6. The van der Waals surface area contributed by atoms with Gasteiger partial charge in [-0.1, -0.05) is 97.1 Å². The van der Waals surface area contributed by atoms with Crippen molar-refractivity contribution in [3.8, 4) is 33.6 Å². The second-order valence-corrected chi connectivity index (χ2v) is 18.0. The van der Waals surface area contributed by atoms with E-state index in [0.717, 1.165) is 18.9 Å². The van der Waals surface area contributed by atoms with Gasteiger partial charge in [-0.15, -0.1) is 22.7 Å². The molecule has 0 bridgehead atoms. The molecule has 4 heterocycles. The van der Waals surface area contributed by atoms with Crippen molar-refractivity contribution in [3.63, 3.8) is 0 Å². The third-order valence-electron chi connectivity index (χ3n) is 10.4. The van der Waals surface area contributed by atoms with Gasteiger partial charge >= 0.3 is 0 Å². The van der Waals surface area contributed by atoms with Gasteiger partial charge < -0.3 is 9.13 Å². The molecule has 0 saturated carbocycles. The van der Waals surface area contributed by atoms with E-state index < -0.39 is 0 Å². The van der Waals surface area contributed by atoms with Crippen molar-refractivity contribution >= 4 is 118 Å². The Labute approximate surface area is 324 Å². The van der Waals surface area contributed by atoms with Gasteiger partial charge in [0.25, 0.3) is 0 Å². The maximum absolute atomic E-state index is 3.93. The maximum Gasteiger partial charge on any atom is 0.0711 e. The third kappa shape index (κ3) is 4.51. The molecule has 0 spiro atoms. The smallest absolute Gasteiger partial charge is 0.0711 e. The molecule has 0 atom stereocenters. The molecule has 0 aliphatic carbocycles. The number of aromatic nitrogens is 2. The Balaban J connectivity index is 1.20. The molecule has 6 heteroatoms. The van der Waals surface area contributed by atoms with Crippen LogP contribution < -0.4 is 0 Å². The molecule has 0 N–H and O–H groups in total. The molecular formula is C46H26Br2N2S2. The van der Waals surface area contributed by atoms with Gasteiger partial charge in [-0.25, -0.2) is 0 Å². The summed E-state index contributed by atoms with van der Waals surface area (Å²) in [4.78, 5) is 0. The summed E-state index contributed by atoms with van der Waals surface area (Å²) < 4.78 is 9.63. The van der Waals surface area contributed by atoms with Crippen molar-refractivity contribution in [1.82, 2.24) is 9.13 Å². The Morgan fingerprint density at radius 3 is 1.17 bits per heavy atom. The molecule has 4 aromatic heterocycles. The van der Waals surface area contributed by atoms with Crippen LogP contribution in [-0.2, 0) is 0 Å². The minimum absolute atomic E-state index is 1.13. The first-order valence-electron chi connectivity index (χ1n) is 17.1. The van der Waals surface area contributed by atoms with Crippen LogP contribution in [0.1, 0.15) is 0 Å². The lowest BCUT2D eigenvalue weighted by molar-refractivity contribution is 1.18. The first-order valence-corrected chi connectivity index (χ1v) is 20.4. The van der Waals surface area contributed by atoms with Crippen molar-refractivity contribution < 1.29 is 0 Å². The molecule has 52 heavy (non-hydrogen) atoms. The number of hydrogen-bond acceptors (Lipinski definition) is 2. The standard InChI is InChI=1S/C46H26Br2N2S2/c47-41-25-35-43(27-19-21-33-31-15-7-9-17-37(31)49(39(33)23-27)29-11-3-1-4-12-29)45-36(26-42(48)51-45)44(46(35)52-41)28-20-22-34-32-16-8-10-18-38(32)50(40(34)24-28)30-13-5-2-6-14-30/h1-26H. The Morgan fingerprint density at radius 1 is 0.346 bits per heavy atom. The molecule has 0 unspecified atom stereocenters. The van der Waals surface area contributed by atoms with Gasteiger partial charge in [-0.05, 0) is 104 Å². The van der Waals surface area contributed by atoms with Crippen molar-refractivity contribution in [2.75, 3.05) is 0 Å². The topological polar surface area (TPSA) is 9.86 Å². The largest absolute Gasteiger partial charge is 0.309 e. The molecule has 11 aromatic rings. The average molecular weight is 831 g/mol. The summed E-state index contributed by atoms with van der Waals surface area (Å²) in [6.45, 7) is 0. The molecule has 7 aromatic carbocycles. The highest BCUT2D eigenvalue weighted by atomic mass is 79.9. The minimum Gasteiger partial charge on any atom is -0.309 e. The average Bonchev–Trinajstić information content (AvgIpc) is 3.93. The first-order chi connectivity index (χ1) is 25.6. The lowest BCUT2D eigenvalue weighted by Crippen LogP contribution is -1.94. The third-order valence-corrected chi connectivity index (χ3v) is 13.7. The van der Waals surface area contributed by atoms with Gasteiger partial charge in [0.15, 0.2) is 0 Å². The van der Waals surface area contributed by atoms with Gasteiger partial charge in [-0.3, -0.25) is 0 Å². The Bertz CT molecular complexity index is 2930. The van der Waals surface area contributed by atoms with E-state index in [-0.39, 0.29) is 0 Å². The normalized spacial score (nSPS) is 12.0. The number of benzene rings is 7. The van der Waals surface area contributed by atoms with Crippen LogP contribution in [0.3, 0.4) is 0 Å². The number of hydrogen-bond donors (Lipinski definition) is 0.